The van der Waals surface area contributed by atoms with Gasteiger partial charge >= 0.3 is 0 Å². The van der Waals surface area contributed by atoms with Crippen molar-refractivity contribution in [1.29, 1.82) is 0 Å². The van der Waals surface area contributed by atoms with Crippen LogP contribution in [0.15, 0.2) is 36.7 Å². The Kier molecular flexibility index (Phi) is 5.34. The molecule has 1 aliphatic rings. The Morgan fingerprint density at radius 1 is 1.28 bits per heavy atom. The van der Waals surface area contributed by atoms with Gasteiger partial charge in [-0.1, -0.05) is 19.9 Å². The third-order valence-electron chi connectivity index (χ3n) is 4.33. The molecule has 0 aliphatic carbocycles. The summed E-state index contributed by atoms with van der Waals surface area (Å²) in [5.74, 6) is 1.12. The normalized spacial score (nSPS) is 14.1. The number of aliphatic hydroxyl groups is 1. The molecule has 1 atom stereocenters. The van der Waals surface area contributed by atoms with Crippen LogP contribution in [-0.4, -0.2) is 35.3 Å². The molecule has 1 aromatic carbocycles. The number of aliphatic hydroxyl groups excluding tert-OH is 1. The van der Waals surface area contributed by atoms with Crippen LogP contribution in [0.4, 0.5) is 0 Å². The highest BCUT2D eigenvalue weighted by molar-refractivity contribution is 5.95. The number of carbonyl (C=O) groups is 1. The Morgan fingerprint density at radius 2 is 2.12 bits per heavy atom. The molecule has 25 heavy (non-hydrogen) atoms. The molecule has 0 fully saturated rings. The Balaban J connectivity index is 1.78. The van der Waals surface area contributed by atoms with Crippen molar-refractivity contribution in [3.05, 3.63) is 47.8 Å². The quantitative estimate of drug-likeness (QED) is 0.848. The summed E-state index contributed by atoms with van der Waals surface area (Å²) in [5.41, 5.74) is 3.60. The van der Waals surface area contributed by atoms with Crippen molar-refractivity contribution in [3.8, 4) is 16.9 Å². The molecule has 5 heteroatoms. The van der Waals surface area contributed by atoms with E-state index in [1.54, 1.807) is 12.4 Å². The van der Waals surface area contributed by atoms with Gasteiger partial charge in [0, 0.05) is 24.4 Å². The van der Waals surface area contributed by atoms with Gasteiger partial charge in [0.2, 0.25) is 0 Å². The second-order valence-corrected chi connectivity index (χ2v) is 6.87. The number of hydrogen-bond acceptors (Lipinski definition) is 4. The number of hydrogen-bond donors (Lipinski definition) is 2. The fraction of sp³-hybridized carbons (Fsp3) is 0.400. The molecule has 0 saturated carbocycles. The highest BCUT2D eigenvalue weighted by atomic mass is 16.5. The van der Waals surface area contributed by atoms with Gasteiger partial charge < -0.3 is 15.2 Å². The number of pyridine rings is 1. The number of carbonyl (C=O) groups excluding carboxylic acids is 1. The lowest BCUT2D eigenvalue weighted by Gasteiger charge is -2.18. The first kappa shape index (κ1) is 17.4. The van der Waals surface area contributed by atoms with Gasteiger partial charge in [-0.05, 0) is 41.7 Å². The molecule has 1 aromatic heterocycles. The molecular weight excluding hydrogens is 316 g/mol. The van der Waals surface area contributed by atoms with Crippen LogP contribution < -0.4 is 10.1 Å². The van der Waals surface area contributed by atoms with Crippen molar-refractivity contribution in [2.45, 2.75) is 32.7 Å². The van der Waals surface area contributed by atoms with E-state index in [0.717, 1.165) is 36.3 Å². The number of nitrogens with one attached hydrogen (secondary N) is 1. The van der Waals surface area contributed by atoms with Crippen molar-refractivity contribution < 1.29 is 14.6 Å². The van der Waals surface area contributed by atoms with E-state index in [4.69, 9.17) is 4.74 Å². The zero-order chi connectivity index (χ0) is 17.8. The van der Waals surface area contributed by atoms with Crippen LogP contribution in [0.3, 0.4) is 0 Å². The van der Waals surface area contributed by atoms with Crippen LogP contribution in [0, 0.1) is 5.92 Å². The first-order valence-corrected chi connectivity index (χ1v) is 8.69. The highest BCUT2D eigenvalue weighted by Crippen LogP contribution is 2.30. The van der Waals surface area contributed by atoms with E-state index in [1.807, 2.05) is 18.2 Å². The van der Waals surface area contributed by atoms with E-state index in [9.17, 15) is 9.90 Å². The summed E-state index contributed by atoms with van der Waals surface area (Å²) < 4.78 is 5.54. The van der Waals surface area contributed by atoms with Crippen LogP contribution in [0.1, 0.15) is 36.2 Å². The first-order valence-electron chi connectivity index (χ1n) is 8.69. The molecule has 0 radical (unpaired) electrons. The Bertz CT molecular complexity index is 758. The molecule has 2 heterocycles. The van der Waals surface area contributed by atoms with Gasteiger partial charge in [0.15, 0.2) is 0 Å². The van der Waals surface area contributed by atoms with Gasteiger partial charge in [-0.25, -0.2) is 0 Å². The maximum atomic E-state index is 12.5. The molecule has 2 N–H and O–H groups in total. The molecular formula is C20H24N2O3. The van der Waals surface area contributed by atoms with Gasteiger partial charge in [0.1, 0.15) is 5.75 Å². The lowest BCUT2D eigenvalue weighted by atomic mass is 10.0. The summed E-state index contributed by atoms with van der Waals surface area (Å²) in [5, 5.41) is 12.3. The largest absolute Gasteiger partial charge is 0.493 e. The van der Waals surface area contributed by atoms with Crippen LogP contribution in [0.2, 0.25) is 0 Å². The number of amides is 1. The summed E-state index contributed by atoms with van der Waals surface area (Å²) in [6, 6.07) is 7.64. The molecule has 5 nitrogen and oxygen atoms in total. The average molecular weight is 340 g/mol. The van der Waals surface area contributed by atoms with Crippen molar-refractivity contribution in [2.24, 2.45) is 5.92 Å². The van der Waals surface area contributed by atoms with E-state index in [0.29, 0.717) is 11.5 Å². The summed E-state index contributed by atoms with van der Waals surface area (Å²) in [7, 11) is 0. The minimum absolute atomic E-state index is 0.0676. The fourth-order valence-electron chi connectivity index (χ4n) is 3.10. The summed E-state index contributed by atoms with van der Waals surface area (Å²) in [4.78, 5) is 16.7. The van der Waals surface area contributed by atoms with E-state index in [2.05, 4.69) is 30.2 Å². The number of aromatic nitrogens is 1. The minimum Gasteiger partial charge on any atom is -0.493 e. The predicted molar refractivity (Wildman–Crippen MR) is 96.7 cm³/mol. The lowest BCUT2D eigenvalue weighted by Crippen LogP contribution is -2.38. The van der Waals surface area contributed by atoms with E-state index < -0.39 is 0 Å². The van der Waals surface area contributed by atoms with Crippen LogP contribution in [-0.2, 0) is 6.42 Å². The third-order valence-corrected chi connectivity index (χ3v) is 4.33. The van der Waals surface area contributed by atoms with Crippen molar-refractivity contribution in [3.63, 3.8) is 0 Å². The summed E-state index contributed by atoms with van der Waals surface area (Å²) in [6.07, 6.45) is 4.95. The van der Waals surface area contributed by atoms with Gasteiger partial charge in [-0.3, -0.25) is 9.78 Å². The zero-order valence-corrected chi connectivity index (χ0v) is 14.7. The number of nitrogens with zero attached hydrogens (tertiary/aromatic N) is 1. The molecule has 1 amide bonds. The topological polar surface area (TPSA) is 71.5 Å². The standard InChI is InChI=1S/C20H24N2O3/c1-13(2)7-18(12-23)22-20(24)17-9-16(10-21-11-17)14-3-4-19-15(8-14)5-6-25-19/h3-4,8-11,13,18,23H,5-7,12H2,1-2H3,(H,22,24). The van der Waals surface area contributed by atoms with Crippen LogP contribution >= 0.6 is 0 Å². The summed E-state index contributed by atoms with van der Waals surface area (Å²) >= 11 is 0. The van der Waals surface area contributed by atoms with Crippen molar-refractivity contribution in [2.75, 3.05) is 13.2 Å². The SMILES string of the molecule is CC(C)CC(CO)NC(=O)c1cncc(-c2ccc3c(c2)CCO3)c1. The molecule has 0 bridgehead atoms. The van der Waals surface area contributed by atoms with Gasteiger partial charge in [-0.15, -0.1) is 0 Å². The maximum Gasteiger partial charge on any atom is 0.253 e. The van der Waals surface area contributed by atoms with E-state index >= 15 is 0 Å². The smallest absolute Gasteiger partial charge is 0.253 e. The molecule has 1 unspecified atom stereocenters. The van der Waals surface area contributed by atoms with Crippen LogP contribution in [0.5, 0.6) is 5.75 Å². The Morgan fingerprint density at radius 3 is 2.88 bits per heavy atom. The van der Waals surface area contributed by atoms with Gasteiger partial charge in [0.05, 0.1) is 24.8 Å². The lowest BCUT2D eigenvalue weighted by molar-refractivity contribution is 0.0908. The minimum atomic E-state index is -0.242. The Labute approximate surface area is 148 Å². The predicted octanol–water partition coefficient (Wildman–Crippen LogP) is 2.82. The Hall–Kier alpha value is -2.40. The molecule has 1 aliphatic heterocycles. The van der Waals surface area contributed by atoms with Gasteiger partial charge in [-0.2, -0.15) is 0 Å². The highest BCUT2D eigenvalue weighted by Gasteiger charge is 2.16. The maximum absolute atomic E-state index is 12.5. The van der Waals surface area contributed by atoms with Crippen molar-refractivity contribution in [1.82, 2.24) is 10.3 Å². The molecule has 0 spiro atoms. The number of rotatable bonds is 6. The number of ether oxygens (including phenoxy) is 1. The monoisotopic (exact) mass is 340 g/mol. The molecule has 0 saturated heterocycles. The second-order valence-electron chi connectivity index (χ2n) is 6.87. The average Bonchev–Trinajstić information content (AvgIpc) is 3.08. The fourth-order valence-corrected chi connectivity index (χ4v) is 3.10. The first-order chi connectivity index (χ1) is 12.1. The summed E-state index contributed by atoms with van der Waals surface area (Å²) in [6.45, 7) is 4.78. The zero-order valence-electron chi connectivity index (χ0n) is 14.7. The third kappa shape index (κ3) is 4.17. The van der Waals surface area contributed by atoms with E-state index in [1.165, 1.54) is 5.56 Å². The van der Waals surface area contributed by atoms with E-state index in [-0.39, 0.29) is 18.6 Å². The molecule has 3 rings (SSSR count). The van der Waals surface area contributed by atoms with Crippen molar-refractivity contribution >= 4 is 5.91 Å². The molecule has 2 aromatic rings. The van der Waals surface area contributed by atoms with Gasteiger partial charge in [0.25, 0.3) is 5.91 Å². The van der Waals surface area contributed by atoms with Crippen LogP contribution in [0.25, 0.3) is 11.1 Å². The number of fused-ring (bicyclic) bond motifs is 1. The molecule has 132 valence electrons. The number of benzene rings is 1. The second kappa shape index (κ2) is 7.66.